The van der Waals surface area contributed by atoms with E-state index in [0.717, 1.165) is 33.3 Å². The van der Waals surface area contributed by atoms with Crippen LogP contribution in [0.25, 0.3) is 22.2 Å². The van der Waals surface area contributed by atoms with Crippen LogP contribution in [-0.2, 0) is 13.5 Å². The number of halogens is 1. The van der Waals surface area contributed by atoms with Gasteiger partial charge in [-0.15, -0.1) is 0 Å². The third-order valence-corrected chi connectivity index (χ3v) is 4.21. The van der Waals surface area contributed by atoms with Gasteiger partial charge in [-0.2, -0.15) is 5.10 Å². The Morgan fingerprint density at radius 2 is 2.09 bits per heavy atom. The Balaban J connectivity index is 1.77. The van der Waals surface area contributed by atoms with E-state index in [9.17, 15) is 0 Å². The largest absolute Gasteiger partial charge is 0.346 e. The van der Waals surface area contributed by atoms with Crippen molar-refractivity contribution in [1.29, 1.82) is 0 Å². The fourth-order valence-electron chi connectivity index (χ4n) is 2.69. The van der Waals surface area contributed by atoms with E-state index in [4.69, 9.17) is 11.6 Å². The van der Waals surface area contributed by atoms with Crippen LogP contribution in [0.5, 0.6) is 0 Å². The lowest BCUT2D eigenvalue weighted by Gasteiger charge is -2.03. The fourth-order valence-corrected chi connectivity index (χ4v) is 2.87. The molecule has 4 aromatic rings. The molecule has 1 N–H and O–H groups in total. The molecule has 5 nitrogen and oxygen atoms in total. The zero-order valence-electron chi connectivity index (χ0n) is 12.5. The van der Waals surface area contributed by atoms with Crippen molar-refractivity contribution >= 4 is 22.6 Å². The molecule has 0 saturated heterocycles. The molecule has 0 atom stereocenters. The summed E-state index contributed by atoms with van der Waals surface area (Å²) in [5, 5.41) is 5.85. The Bertz CT molecular complexity index is 985. The lowest BCUT2D eigenvalue weighted by molar-refractivity contribution is 0.768. The highest BCUT2D eigenvalue weighted by atomic mass is 35.5. The summed E-state index contributed by atoms with van der Waals surface area (Å²) in [6.45, 7) is 0. The van der Waals surface area contributed by atoms with Crippen molar-refractivity contribution < 1.29 is 0 Å². The summed E-state index contributed by atoms with van der Waals surface area (Å²) in [6.07, 6.45) is 10.1. The molecule has 4 rings (SSSR count). The van der Waals surface area contributed by atoms with E-state index in [1.54, 1.807) is 10.9 Å². The van der Waals surface area contributed by atoms with Gasteiger partial charge in [-0.3, -0.25) is 4.68 Å². The molecule has 114 valence electrons. The Hall–Kier alpha value is -2.66. The Labute approximate surface area is 138 Å². The smallest absolute Gasteiger partial charge is 0.137 e. The van der Waals surface area contributed by atoms with E-state index in [1.165, 1.54) is 0 Å². The van der Waals surface area contributed by atoms with Crippen LogP contribution in [0, 0.1) is 0 Å². The van der Waals surface area contributed by atoms with Gasteiger partial charge in [0.2, 0.25) is 0 Å². The second kappa shape index (κ2) is 5.52. The predicted molar refractivity (Wildman–Crippen MR) is 90.3 cm³/mol. The van der Waals surface area contributed by atoms with Crippen LogP contribution in [0.3, 0.4) is 0 Å². The first-order valence-electron chi connectivity index (χ1n) is 7.25. The summed E-state index contributed by atoms with van der Waals surface area (Å²) >= 11 is 6.17. The maximum absolute atomic E-state index is 6.17. The lowest BCUT2D eigenvalue weighted by Crippen LogP contribution is -1.90. The number of aryl methyl sites for hydroxylation is 1. The van der Waals surface area contributed by atoms with Crippen molar-refractivity contribution in [3.8, 4) is 11.1 Å². The minimum atomic E-state index is 0.540. The molecule has 0 bridgehead atoms. The molecule has 23 heavy (non-hydrogen) atoms. The third kappa shape index (κ3) is 2.59. The Morgan fingerprint density at radius 1 is 1.17 bits per heavy atom. The van der Waals surface area contributed by atoms with Crippen LogP contribution in [-0.4, -0.2) is 24.7 Å². The van der Waals surface area contributed by atoms with Crippen LogP contribution < -0.4 is 0 Å². The molecule has 0 saturated carbocycles. The number of fused-ring (bicyclic) bond motifs is 1. The van der Waals surface area contributed by atoms with Crippen molar-refractivity contribution in [2.45, 2.75) is 6.42 Å². The van der Waals surface area contributed by atoms with E-state index >= 15 is 0 Å². The monoisotopic (exact) mass is 323 g/mol. The SMILES string of the molecule is Cn1cc(-c2cnc3[nH]cc(Cc4cccnc4Cl)c3c2)cn1. The Morgan fingerprint density at radius 3 is 2.87 bits per heavy atom. The molecule has 4 aromatic heterocycles. The highest BCUT2D eigenvalue weighted by Gasteiger charge is 2.10. The highest BCUT2D eigenvalue weighted by molar-refractivity contribution is 6.30. The fraction of sp³-hybridized carbons (Fsp3) is 0.118. The summed E-state index contributed by atoms with van der Waals surface area (Å²) in [5.41, 5.74) is 5.11. The Kier molecular flexibility index (Phi) is 3.35. The van der Waals surface area contributed by atoms with Gasteiger partial charge < -0.3 is 4.98 Å². The molecule has 0 aliphatic carbocycles. The molecule has 0 amide bonds. The number of rotatable bonds is 3. The maximum atomic E-state index is 6.17. The number of hydrogen-bond acceptors (Lipinski definition) is 3. The van der Waals surface area contributed by atoms with Crippen LogP contribution in [0.2, 0.25) is 5.15 Å². The molecule has 0 aliphatic heterocycles. The van der Waals surface area contributed by atoms with Crippen LogP contribution >= 0.6 is 11.6 Å². The standard InChI is InChI=1S/C17H14ClN5/c1-23-10-14(9-22-23)12-6-15-13(8-21-17(15)20-7-12)5-11-3-2-4-19-16(11)18/h2-4,6-10H,5H2,1H3,(H,20,21). The van der Waals surface area contributed by atoms with Gasteiger partial charge in [0.15, 0.2) is 0 Å². The van der Waals surface area contributed by atoms with Gasteiger partial charge in [0.05, 0.1) is 6.20 Å². The molecule has 0 spiro atoms. The first-order chi connectivity index (χ1) is 11.2. The number of pyridine rings is 2. The van der Waals surface area contributed by atoms with Crippen molar-refractivity contribution in [3.05, 3.63) is 65.5 Å². The van der Waals surface area contributed by atoms with Gasteiger partial charge in [0.1, 0.15) is 10.8 Å². The van der Waals surface area contributed by atoms with Gasteiger partial charge >= 0.3 is 0 Å². The van der Waals surface area contributed by atoms with E-state index in [2.05, 4.69) is 26.1 Å². The topological polar surface area (TPSA) is 59.4 Å². The van der Waals surface area contributed by atoms with Gasteiger partial charge in [-0.25, -0.2) is 9.97 Å². The molecule has 4 heterocycles. The van der Waals surface area contributed by atoms with E-state index < -0.39 is 0 Å². The molecule has 6 heteroatoms. The second-order valence-corrected chi connectivity index (χ2v) is 5.82. The summed E-state index contributed by atoms with van der Waals surface area (Å²) < 4.78 is 1.78. The van der Waals surface area contributed by atoms with Crippen molar-refractivity contribution in [3.63, 3.8) is 0 Å². The highest BCUT2D eigenvalue weighted by Crippen LogP contribution is 2.26. The molecule has 0 aromatic carbocycles. The molecular formula is C17H14ClN5. The first kappa shape index (κ1) is 14.0. The molecule has 0 aliphatic rings. The van der Waals surface area contributed by atoms with Crippen LogP contribution in [0.1, 0.15) is 11.1 Å². The number of nitrogens with zero attached hydrogens (tertiary/aromatic N) is 4. The zero-order valence-corrected chi connectivity index (χ0v) is 13.2. The second-order valence-electron chi connectivity index (χ2n) is 5.47. The van der Waals surface area contributed by atoms with Crippen molar-refractivity contribution in [2.75, 3.05) is 0 Å². The van der Waals surface area contributed by atoms with Crippen molar-refractivity contribution in [1.82, 2.24) is 24.7 Å². The molecule has 0 fully saturated rings. The number of aromatic nitrogens is 5. The first-order valence-corrected chi connectivity index (χ1v) is 7.63. The number of aromatic amines is 1. The van der Waals surface area contributed by atoms with E-state index in [0.29, 0.717) is 11.6 Å². The number of nitrogens with one attached hydrogen (secondary N) is 1. The quantitative estimate of drug-likeness (QED) is 0.586. The molecule has 0 unspecified atom stereocenters. The minimum Gasteiger partial charge on any atom is -0.346 e. The van der Waals surface area contributed by atoms with E-state index in [1.807, 2.05) is 44.0 Å². The molecular weight excluding hydrogens is 310 g/mol. The van der Waals surface area contributed by atoms with Gasteiger partial charge in [-0.1, -0.05) is 17.7 Å². The maximum Gasteiger partial charge on any atom is 0.137 e. The predicted octanol–water partition coefficient (Wildman–Crippen LogP) is 3.60. The van der Waals surface area contributed by atoms with E-state index in [-0.39, 0.29) is 0 Å². The van der Waals surface area contributed by atoms with Gasteiger partial charge in [-0.05, 0) is 23.3 Å². The third-order valence-electron chi connectivity index (χ3n) is 3.87. The average molecular weight is 324 g/mol. The molecule has 0 radical (unpaired) electrons. The average Bonchev–Trinajstić information content (AvgIpc) is 3.16. The van der Waals surface area contributed by atoms with Crippen LogP contribution in [0.15, 0.2) is 49.2 Å². The van der Waals surface area contributed by atoms with Gasteiger partial charge in [0.25, 0.3) is 0 Å². The number of H-pyrrole nitrogens is 1. The summed E-state index contributed by atoms with van der Waals surface area (Å²) in [6, 6.07) is 6.03. The van der Waals surface area contributed by atoms with Crippen molar-refractivity contribution in [2.24, 2.45) is 7.05 Å². The van der Waals surface area contributed by atoms with Gasteiger partial charge in [0, 0.05) is 54.8 Å². The van der Waals surface area contributed by atoms with Crippen LogP contribution in [0.4, 0.5) is 0 Å². The normalized spacial score (nSPS) is 11.2. The summed E-state index contributed by atoms with van der Waals surface area (Å²) in [7, 11) is 1.90. The summed E-state index contributed by atoms with van der Waals surface area (Å²) in [4.78, 5) is 11.9. The number of hydrogen-bond donors (Lipinski definition) is 1. The summed E-state index contributed by atoms with van der Waals surface area (Å²) in [5.74, 6) is 0. The zero-order chi connectivity index (χ0) is 15.8. The lowest BCUT2D eigenvalue weighted by atomic mass is 10.0. The minimum absolute atomic E-state index is 0.540.